The van der Waals surface area contributed by atoms with Gasteiger partial charge in [-0.25, -0.2) is 13.8 Å². The fourth-order valence-corrected chi connectivity index (χ4v) is 4.88. The Kier molecular flexibility index (Phi) is 8.66. The predicted octanol–water partition coefficient (Wildman–Crippen LogP) is 4.92. The zero-order chi connectivity index (χ0) is 28.3. The average molecular weight is 543 g/mol. The number of carbonyl (C=O) groups is 2. The van der Waals surface area contributed by atoms with Crippen molar-refractivity contribution in [2.75, 3.05) is 5.32 Å². The molecule has 4 rings (SSSR count). The van der Waals surface area contributed by atoms with E-state index in [1.165, 1.54) is 24.3 Å². The number of amides is 2. The first-order valence-corrected chi connectivity index (χ1v) is 13.1. The minimum atomic E-state index is -2.76. The molecular formula is C28H33F3N6O2. The number of nitrogens with zero attached hydrogens (tertiary/aromatic N) is 2. The van der Waals surface area contributed by atoms with Gasteiger partial charge in [0.2, 0.25) is 11.9 Å². The number of anilines is 1. The third-order valence-corrected chi connectivity index (χ3v) is 6.98. The van der Waals surface area contributed by atoms with Crippen molar-refractivity contribution in [2.45, 2.75) is 65.0 Å². The highest BCUT2D eigenvalue weighted by molar-refractivity contribution is 6.02. The number of rotatable bonds is 12. The number of aryl methyl sites for hydroxylation is 1. The zero-order valence-electron chi connectivity index (χ0n) is 22.1. The number of aromatic nitrogens is 2. The zero-order valence-corrected chi connectivity index (χ0v) is 22.1. The second-order valence-electron chi connectivity index (χ2n) is 10.5. The SMILES string of the molecule is Cc1ncc(C(F)F)cc1-c1ccc(NC(=O)C(NC(=O)/C(=C/C=N)NC(C)C)C(C2CC2)C2CC2)nc1F. The summed E-state index contributed by atoms with van der Waals surface area (Å²) in [6.07, 6.45) is 4.52. The first kappa shape index (κ1) is 28.3. The van der Waals surface area contributed by atoms with E-state index >= 15 is 4.39 Å². The predicted molar refractivity (Wildman–Crippen MR) is 142 cm³/mol. The Morgan fingerprint density at radius 2 is 1.74 bits per heavy atom. The minimum Gasteiger partial charge on any atom is -0.378 e. The van der Waals surface area contributed by atoms with Crippen LogP contribution in [-0.4, -0.2) is 40.1 Å². The third kappa shape index (κ3) is 7.01. The van der Waals surface area contributed by atoms with Crippen LogP contribution in [0.2, 0.25) is 0 Å². The molecule has 2 aromatic rings. The van der Waals surface area contributed by atoms with E-state index in [-0.39, 0.29) is 40.2 Å². The maximum absolute atomic E-state index is 15.1. The summed E-state index contributed by atoms with van der Waals surface area (Å²) in [5.41, 5.74) is 0.374. The van der Waals surface area contributed by atoms with Crippen LogP contribution in [0.15, 0.2) is 36.2 Å². The van der Waals surface area contributed by atoms with Crippen LogP contribution < -0.4 is 16.0 Å². The summed E-state index contributed by atoms with van der Waals surface area (Å²) < 4.78 is 41.4. The van der Waals surface area contributed by atoms with E-state index in [9.17, 15) is 18.4 Å². The first-order chi connectivity index (χ1) is 18.6. The van der Waals surface area contributed by atoms with Gasteiger partial charge in [0.25, 0.3) is 12.3 Å². The van der Waals surface area contributed by atoms with Crippen LogP contribution in [-0.2, 0) is 9.59 Å². The van der Waals surface area contributed by atoms with Gasteiger partial charge in [-0.15, -0.1) is 0 Å². The van der Waals surface area contributed by atoms with E-state index in [1.54, 1.807) is 6.92 Å². The second-order valence-corrected chi connectivity index (χ2v) is 10.5. The standard InChI is InChI=1S/C28H33F3N6O2/c1-14(2)34-21(10-11-32)27(38)37-24(23(16-4-5-16)17-6-7-17)28(39)36-22-9-8-19(26(31)35-22)20-12-18(25(29)30)13-33-15(20)3/h8-14,16-17,23-25,32,34H,4-7H2,1-3H3,(H,37,38)(H,35,36,39)/b21-10-,32-11?. The summed E-state index contributed by atoms with van der Waals surface area (Å²) in [7, 11) is 0. The molecular weight excluding hydrogens is 509 g/mol. The molecule has 39 heavy (non-hydrogen) atoms. The lowest BCUT2D eigenvalue weighted by molar-refractivity contribution is -0.126. The van der Waals surface area contributed by atoms with Crippen molar-refractivity contribution in [2.24, 2.45) is 17.8 Å². The molecule has 0 saturated heterocycles. The summed E-state index contributed by atoms with van der Waals surface area (Å²) in [6, 6.07) is 2.99. The topological polar surface area (TPSA) is 120 Å². The van der Waals surface area contributed by atoms with Crippen LogP contribution >= 0.6 is 0 Å². The highest BCUT2D eigenvalue weighted by Gasteiger charge is 2.48. The van der Waals surface area contributed by atoms with Crippen LogP contribution in [0.1, 0.15) is 57.2 Å². The molecule has 2 amide bonds. The molecule has 4 N–H and O–H groups in total. The van der Waals surface area contributed by atoms with E-state index in [1.807, 2.05) is 13.8 Å². The molecule has 11 heteroatoms. The van der Waals surface area contributed by atoms with Gasteiger partial charge < -0.3 is 21.4 Å². The summed E-state index contributed by atoms with van der Waals surface area (Å²) in [5.74, 6) is -1.46. The Labute approximate surface area is 225 Å². The lowest BCUT2D eigenvalue weighted by atomic mass is 9.88. The quantitative estimate of drug-likeness (QED) is 0.172. The third-order valence-electron chi connectivity index (χ3n) is 6.98. The molecule has 208 valence electrons. The number of hydrogen-bond acceptors (Lipinski definition) is 6. The summed E-state index contributed by atoms with van der Waals surface area (Å²) >= 11 is 0. The van der Waals surface area contributed by atoms with Gasteiger partial charge in [0.15, 0.2) is 0 Å². The van der Waals surface area contributed by atoms with Crippen molar-refractivity contribution < 1.29 is 22.8 Å². The number of allylic oxidation sites excluding steroid dienone is 1. The maximum Gasteiger partial charge on any atom is 0.268 e. The molecule has 0 radical (unpaired) electrons. The van der Waals surface area contributed by atoms with E-state index < -0.39 is 30.2 Å². The number of hydrogen-bond donors (Lipinski definition) is 4. The summed E-state index contributed by atoms with van der Waals surface area (Å²) in [6.45, 7) is 5.30. The number of halogens is 3. The fourth-order valence-electron chi connectivity index (χ4n) is 4.88. The molecule has 2 aliphatic rings. The van der Waals surface area contributed by atoms with Gasteiger partial charge in [0, 0.05) is 40.8 Å². The maximum atomic E-state index is 15.1. The first-order valence-electron chi connectivity index (χ1n) is 13.1. The number of carbonyl (C=O) groups excluding carboxylic acids is 2. The molecule has 2 saturated carbocycles. The summed E-state index contributed by atoms with van der Waals surface area (Å²) in [4.78, 5) is 34.5. The molecule has 0 aromatic carbocycles. The second kappa shape index (κ2) is 12.0. The van der Waals surface area contributed by atoms with Gasteiger partial charge in [-0.05, 0) is 88.5 Å². The molecule has 1 atom stereocenters. The Balaban J connectivity index is 1.57. The van der Waals surface area contributed by atoms with E-state index in [0.29, 0.717) is 17.5 Å². The summed E-state index contributed by atoms with van der Waals surface area (Å²) in [5, 5.41) is 15.9. The normalized spacial score (nSPS) is 16.4. The monoisotopic (exact) mass is 542 g/mol. The Bertz CT molecular complexity index is 1260. The molecule has 0 spiro atoms. The molecule has 0 bridgehead atoms. The number of alkyl halides is 2. The molecule has 2 fully saturated rings. The van der Waals surface area contributed by atoms with Crippen molar-refractivity contribution in [3.05, 3.63) is 53.4 Å². The van der Waals surface area contributed by atoms with Crippen molar-refractivity contribution in [3.8, 4) is 11.1 Å². The molecule has 2 aromatic heterocycles. The molecule has 0 aliphatic heterocycles. The Morgan fingerprint density at radius 3 is 2.28 bits per heavy atom. The average Bonchev–Trinajstić information content (AvgIpc) is 3.79. The van der Waals surface area contributed by atoms with Crippen molar-refractivity contribution in [3.63, 3.8) is 0 Å². The van der Waals surface area contributed by atoms with Crippen molar-refractivity contribution in [1.29, 1.82) is 5.41 Å². The molecule has 2 heterocycles. The van der Waals surface area contributed by atoms with Gasteiger partial charge in [-0.1, -0.05) is 0 Å². The Hall–Kier alpha value is -3.76. The molecule has 2 aliphatic carbocycles. The van der Waals surface area contributed by atoms with Crippen LogP contribution in [0.25, 0.3) is 11.1 Å². The number of nitrogens with one attached hydrogen (secondary N) is 4. The van der Waals surface area contributed by atoms with Gasteiger partial charge >= 0.3 is 0 Å². The largest absolute Gasteiger partial charge is 0.378 e. The fraction of sp³-hybridized carbons (Fsp3) is 0.464. The van der Waals surface area contributed by atoms with Gasteiger partial charge in [0.1, 0.15) is 17.6 Å². The highest BCUT2D eigenvalue weighted by atomic mass is 19.3. The van der Waals surface area contributed by atoms with E-state index in [4.69, 9.17) is 5.41 Å². The lowest BCUT2D eigenvalue weighted by Gasteiger charge is -2.28. The smallest absolute Gasteiger partial charge is 0.268 e. The van der Waals surface area contributed by atoms with Gasteiger partial charge in [-0.2, -0.15) is 4.39 Å². The van der Waals surface area contributed by atoms with Crippen molar-refractivity contribution >= 4 is 23.8 Å². The Morgan fingerprint density at radius 1 is 1.08 bits per heavy atom. The van der Waals surface area contributed by atoms with E-state index in [2.05, 4.69) is 25.9 Å². The lowest BCUT2D eigenvalue weighted by Crippen LogP contribution is -2.51. The van der Waals surface area contributed by atoms with Gasteiger partial charge in [0.05, 0.1) is 0 Å². The number of pyridine rings is 2. The molecule has 1 unspecified atom stereocenters. The van der Waals surface area contributed by atoms with Gasteiger partial charge in [-0.3, -0.25) is 14.6 Å². The van der Waals surface area contributed by atoms with Crippen LogP contribution in [0.5, 0.6) is 0 Å². The highest BCUT2D eigenvalue weighted by Crippen LogP contribution is 2.51. The minimum absolute atomic E-state index is 0.0135. The molecule has 8 nitrogen and oxygen atoms in total. The van der Waals surface area contributed by atoms with Crippen molar-refractivity contribution in [1.82, 2.24) is 20.6 Å². The van der Waals surface area contributed by atoms with Crippen LogP contribution in [0.4, 0.5) is 19.0 Å². The van der Waals surface area contributed by atoms with Crippen LogP contribution in [0, 0.1) is 36.0 Å². The van der Waals surface area contributed by atoms with Crippen LogP contribution in [0.3, 0.4) is 0 Å². The van der Waals surface area contributed by atoms with E-state index in [0.717, 1.165) is 38.1 Å².